The number of ketones is 1. The molecule has 1 aliphatic heterocycles. The first-order valence-electron chi connectivity index (χ1n) is 19.8. The van der Waals surface area contributed by atoms with Crippen LogP contribution < -0.4 is 21.3 Å². The number of hydrogen-bond acceptors (Lipinski definition) is 8. The molecule has 0 aromatic carbocycles. The Hall–Kier alpha value is -3.90. The van der Waals surface area contributed by atoms with Crippen molar-refractivity contribution in [2.45, 2.75) is 147 Å². The van der Waals surface area contributed by atoms with E-state index in [2.05, 4.69) is 31.2 Å². The lowest BCUT2D eigenvalue weighted by molar-refractivity contribution is -0.148. The van der Waals surface area contributed by atoms with E-state index in [0.29, 0.717) is 25.3 Å². The average Bonchev–Trinajstić information content (AvgIpc) is 3.79. The van der Waals surface area contributed by atoms with Gasteiger partial charge in [0.15, 0.2) is 0 Å². The van der Waals surface area contributed by atoms with Crippen LogP contribution in [0, 0.1) is 29.1 Å². The van der Waals surface area contributed by atoms with Crippen molar-refractivity contribution in [3.05, 3.63) is 24.3 Å². The zero-order valence-corrected chi connectivity index (χ0v) is 31.0. The largest absolute Gasteiger partial charge is 0.347 e. The second-order valence-corrected chi connectivity index (χ2v) is 16.5. The Balaban J connectivity index is 1.21. The summed E-state index contributed by atoms with van der Waals surface area (Å²) >= 11 is 0. The van der Waals surface area contributed by atoms with Crippen LogP contribution in [-0.2, 0) is 24.0 Å². The number of amides is 5. The first-order valence-corrected chi connectivity index (χ1v) is 19.8. The van der Waals surface area contributed by atoms with Crippen LogP contribution in [-0.4, -0.2) is 86.9 Å². The van der Waals surface area contributed by atoms with Crippen molar-refractivity contribution in [1.82, 2.24) is 36.1 Å². The van der Waals surface area contributed by atoms with Gasteiger partial charge in [-0.25, -0.2) is 4.98 Å². The monoisotopic (exact) mass is 719 g/mol. The van der Waals surface area contributed by atoms with Crippen molar-refractivity contribution in [1.29, 1.82) is 0 Å². The fourth-order valence-electron chi connectivity index (χ4n) is 9.28. The second kappa shape index (κ2) is 16.4. The molecule has 5 amide bonds. The van der Waals surface area contributed by atoms with E-state index in [1.807, 2.05) is 20.8 Å². The molecule has 4 saturated carbocycles. The standard InChI is InChI=1S/C39H57N7O6/c1-4-10-28(32(47)37(51)42-23(2)24-15-16-24)43-36(50)31-27-14-8-13-26(27)22-46(31)38(52)33(39(3)17-9-18-39)45-35(49)30(25-11-6-5-7-12-25)44-34(48)29-21-40-19-20-41-29/h19-21,23-28,30-31,33H,4-18,22H2,1-3H3,(H,42,51)(H,43,50)(H,44,48)(H,45,49). The molecule has 13 nitrogen and oxygen atoms in total. The molecule has 5 aliphatic rings. The van der Waals surface area contributed by atoms with Gasteiger partial charge in [0.05, 0.1) is 12.2 Å². The van der Waals surface area contributed by atoms with Gasteiger partial charge in [0, 0.05) is 25.0 Å². The minimum Gasteiger partial charge on any atom is -0.347 e. The van der Waals surface area contributed by atoms with Gasteiger partial charge in [-0.1, -0.05) is 52.4 Å². The van der Waals surface area contributed by atoms with Gasteiger partial charge in [0.25, 0.3) is 11.8 Å². The normalized spacial score (nSPS) is 26.1. The highest BCUT2D eigenvalue weighted by molar-refractivity contribution is 6.38. The number of aromatic nitrogens is 2. The van der Waals surface area contributed by atoms with Crippen molar-refractivity contribution in [2.75, 3.05) is 6.54 Å². The molecule has 1 aromatic heterocycles. The summed E-state index contributed by atoms with van der Waals surface area (Å²) in [5.74, 6) is -2.62. The van der Waals surface area contributed by atoms with Crippen molar-refractivity contribution < 1.29 is 28.8 Å². The molecule has 6 rings (SSSR count). The summed E-state index contributed by atoms with van der Waals surface area (Å²) in [6.45, 7) is 6.21. The zero-order chi connectivity index (χ0) is 37.0. The Bertz CT molecular complexity index is 1490. The van der Waals surface area contributed by atoms with Gasteiger partial charge < -0.3 is 26.2 Å². The summed E-state index contributed by atoms with van der Waals surface area (Å²) in [4.78, 5) is 92.8. The van der Waals surface area contributed by atoms with Crippen LogP contribution in [0.5, 0.6) is 0 Å². The van der Waals surface area contributed by atoms with Gasteiger partial charge in [-0.2, -0.15) is 0 Å². The summed E-state index contributed by atoms with van der Waals surface area (Å²) < 4.78 is 0. The fourth-order valence-corrected chi connectivity index (χ4v) is 9.28. The lowest BCUT2D eigenvalue weighted by atomic mass is 9.65. The number of Topliss-reactive ketones (excluding diaryl/α,β-unsaturated/α-hetero) is 1. The molecule has 52 heavy (non-hydrogen) atoms. The molecular formula is C39H57N7O6. The summed E-state index contributed by atoms with van der Waals surface area (Å²) in [6, 6.07) is -3.66. The molecule has 7 atom stereocenters. The van der Waals surface area contributed by atoms with E-state index >= 15 is 0 Å². The smallest absolute Gasteiger partial charge is 0.289 e. The first kappa shape index (κ1) is 37.8. The van der Waals surface area contributed by atoms with Crippen LogP contribution in [0.15, 0.2) is 18.6 Å². The summed E-state index contributed by atoms with van der Waals surface area (Å²) in [5.41, 5.74) is -0.406. The van der Waals surface area contributed by atoms with E-state index in [-0.39, 0.29) is 35.4 Å². The number of nitrogens with one attached hydrogen (secondary N) is 4. The maximum atomic E-state index is 14.8. The van der Waals surface area contributed by atoms with Gasteiger partial charge >= 0.3 is 0 Å². The van der Waals surface area contributed by atoms with Crippen LogP contribution in [0.1, 0.15) is 128 Å². The number of hydrogen-bond donors (Lipinski definition) is 4. The SMILES string of the molecule is CCCC(NC(=O)C1C2CCCC2CN1C(=O)C(NC(=O)C(NC(=O)c1cnccn1)C1CCCCC1)C1(C)CCC1)C(=O)C(=O)NC(C)C1CC1. The third-order valence-corrected chi connectivity index (χ3v) is 12.8. The van der Waals surface area contributed by atoms with Crippen LogP contribution in [0.25, 0.3) is 0 Å². The highest BCUT2D eigenvalue weighted by Gasteiger charge is 2.54. The Morgan fingerprint density at radius 1 is 0.865 bits per heavy atom. The summed E-state index contributed by atoms with van der Waals surface area (Å²) in [6.07, 6.45) is 16.8. The Morgan fingerprint density at radius 3 is 2.25 bits per heavy atom. The van der Waals surface area contributed by atoms with Gasteiger partial charge in [-0.3, -0.25) is 33.8 Å². The zero-order valence-electron chi connectivity index (χ0n) is 31.0. The summed E-state index contributed by atoms with van der Waals surface area (Å²) in [5, 5.41) is 11.8. The third-order valence-electron chi connectivity index (χ3n) is 12.8. The van der Waals surface area contributed by atoms with E-state index in [4.69, 9.17) is 0 Å². The van der Waals surface area contributed by atoms with Crippen LogP contribution >= 0.6 is 0 Å². The lowest BCUT2D eigenvalue weighted by Crippen LogP contribution is -2.64. The van der Waals surface area contributed by atoms with Gasteiger partial charge in [0.2, 0.25) is 23.5 Å². The predicted molar refractivity (Wildman–Crippen MR) is 192 cm³/mol. The van der Waals surface area contributed by atoms with Gasteiger partial charge in [0.1, 0.15) is 23.8 Å². The molecule has 7 unspecified atom stereocenters. The van der Waals surface area contributed by atoms with Crippen LogP contribution in [0.3, 0.4) is 0 Å². The highest BCUT2D eigenvalue weighted by atomic mass is 16.2. The van der Waals surface area contributed by atoms with E-state index in [9.17, 15) is 28.8 Å². The van der Waals surface area contributed by atoms with Gasteiger partial charge in [-0.05, 0) is 93.8 Å². The minimum absolute atomic E-state index is 0.0724. The van der Waals surface area contributed by atoms with E-state index in [1.54, 1.807) is 4.90 Å². The predicted octanol–water partition coefficient (Wildman–Crippen LogP) is 3.23. The molecule has 13 heteroatoms. The quantitative estimate of drug-likeness (QED) is 0.200. The Kier molecular flexibility index (Phi) is 11.9. The first-order chi connectivity index (χ1) is 25.0. The minimum atomic E-state index is -0.991. The van der Waals surface area contributed by atoms with Crippen molar-refractivity contribution in [3.8, 4) is 0 Å². The molecule has 1 aromatic rings. The molecule has 1 saturated heterocycles. The van der Waals surface area contributed by atoms with Crippen LogP contribution in [0.2, 0.25) is 0 Å². The summed E-state index contributed by atoms with van der Waals surface area (Å²) in [7, 11) is 0. The molecule has 4 aliphatic carbocycles. The van der Waals surface area contributed by atoms with E-state index < -0.39 is 59.0 Å². The maximum Gasteiger partial charge on any atom is 0.289 e. The Labute approximate surface area is 307 Å². The maximum absolute atomic E-state index is 14.8. The molecule has 284 valence electrons. The van der Waals surface area contributed by atoms with Crippen molar-refractivity contribution >= 4 is 35.3 Å². The topological polar surface area (TPSA) is 180 Å². The number of likely N-dealkylation sites (tertiary alicyclic amines) is 1. The van der Waals surface area contributed by atoms with Crippen molar-refractivity contribution in [2.24, 2.45) is 29.1 Å². The molecule has 0 radical (unpaired) electrons. The molecular weight excluding hydrogens is 662 g/mol. The average molecular weight is 720 g/mol. The van der Waals surface area contributed by atoms with Crippen molar-refractivity contribution in [3.63, 3.8) is 0 Å². The number of carbonyl (C=O) groups is 6. The second-order valence-electron chi connectivity index (χ2n) is 16.5. The third kappa shape index (κ3) is 8.33. The molecule has 0 spiro atoms. The molecule has 5 fully saturated rings. The highest BCUT2D eigenvalue weighted by Crippen LogP contribution is 2.47. The Morgan fingerprint density at radius 2 is 1.62 bits per heavy atom. The number of nitrogens with zero attached hydrogens (tertiary/aromatic N) is 3. The number of fused-ring (bicyclic) bond motifs is 1. The number of carbonyl (C=O) groups excluding carboxylic acids is 6. The van der Waals surface area contributed by atoms with Crippen LogP contribution in [0.4, 0.5) is 0 Å². The molecule has 2 heterocycles. The molecule has 4 N–H and O–H groups in total. The molecule has 0 bridgehead atoms. The lowest BCUT2D eigenvalue weighted by Gasteiger charge is -2.46. The van der Waals surface area contributed by atoms with E-state index in [0.717, 1.165) is 83.5 Å². The number of rotatable bonds is 15. The van der Waals surface area contributed by atoms with Gasteiger partial charge in [-0.15, -0.1) is 0 Å². The van der Waals surface area contributed by atoms with E-state index in [1.165, 1.54) is 18.6 Å². The fraction of sp³-hybridized carbons (Fsp3) is 0.744.